The summed E-state index contributed by atoms with van der Waals surface area (Å²) in [5, 5.41) is 8.51. The first-order valence-electron chi connectivity index (χ1n) is 5.63. The molecular weight excluding hydrogens is 216 g/mol. The van der Waals surface area contributed by atoms with Crippen molar-refractivity contribution >= 4 is 0 Å². The summed E-state index contributed by atoms with van der Waals surface area (Å²) in [5.41, 5.74) is 6.82. The topological polar surface area (TPSA) is 68.3 Å². The van der Waals surface area contributed by atoms with Crippen molar-refractivity contribution in [2.75, 3.05) is 13.2 Å². The average molecular weight is 234 g/mol. The third kappa shape index (κ3) is 4.85. The Morgan fingerprint density at radius 3 is 2.41 bits per heavy atom. The zero-order chi connectivity index (χ0) is 12.7. The predicted octanol–water partition coefficient (Wildman–Crippen LogP) is 2.01. The van der Waals surface area contributed by atoms with E-state index >= 15 is 0 Å². The molecule has 0 bridgehead atoms. The maximum absolute atomic E-state index is 8.51. The van der Waals surface area contributed by atoms with Crippen molar-refractivity contribution in [3.63, 3.8) is 0 Å². The lowest BCUT2D eigenvalue weighted by atomic mass is 10.1. The normalized spacial score (nSPS) is 13.8. The monoisotopic (exact) mass is 234 g/mol. The van der Waals surface area contributed by atoms with E-state index in [1.54, 1.807) is 6.92 Å². The van der Waals surface area contributed by atoms with E-state index in [2.05, 4.69) is 0 Å². The molecule has 0 aliphatic heterocycles. The van der Waals surface area contributed by atoms with Crippen LogP contribution < -0.4 is 10.5 Å². The van der Waals surface area contributed by atoms with Gasteiger partial charge in [-0.15, -0.1) is 0 Å². The van der Waals surface area contributed by atoms with E-state index in [0.29, 0.717) is 13.2 Å². The van der Waals surface area contributed by atoms with Gasteiger partial charge in [-0.25, -0.2) is 0 Å². The Balaban J connectivity index is 2.31. The number of hydrogen-bond acceptors (Lipinski definition) is 4. The van der Waals surface area contributed by atoms with Crippen LogP contribution in [0.5, 0.6) is 5.75 Å². The van der Waals surface area contributed by atoms with Gasteiger partial charge in [0.05, 0.1) is 12.7 Å². The zero-order valence-corrected chi connectivity index (χ0v) is 10.2. The first-order chi connectivity index (χ1) is 8.13. The second-order valence-electron chi connectivity index (χ2n) is 3.85. The van der Waals surface area contributed by atoms with Gasteiger partial charge < -0.3 is 15.2 Å². The van der Waals surface area contributed by atoms with Gasteiger partial charge in [0, 0.05) is 6.04 Å². The quantitative estimate of drug-likeness (QED) is 0.764. The van der Waals surface area contributed by atoms with Crippen LogP contribution in [0.4, 0.5) is 0 Å². The second-order valence-corrected chi connectivity index (χ2v) is 3.85. The largest absolute Gasteiger partial charge is 0.491 e. The molecule has 0 aliphatic carbocycles. The molecule has 2 unspecified atom stereocenters. The number of nitriles is 1. The Morgan fingerprint density at radius 2 is 1.88 bits per heavy atom. The maximum atomic E-state index is 8.51. The molecule has 17 heavy (non-hydrogen) atoms. The number of benzene rings is 1. The second kappa shape index (κ2) is 6.89. The summed E-state index contributed by atoms with van der Waals surface area (Å²) in [6, 6.07) is 9.67. The molecule has 0 fully saturated rings. The van der Waals surface area contributed by atoms with Crippen LogP contribution in [-0.2, 0) is 4.74 Å². The van der Waals surface area contributed by atoms with Crippen LogP contribution in [0.1, 0.15) is 25.5 Å². The van der Waals surface area contributed by atoms with Gasteiger partial charge in [0.15, 0.2) is 0 Å². The van der Waals surface area contributed by atoms with Crippen molar-refractivity contribution in [3.05, 3.63) is 29.8 Å². The maximum Gasteiger partial charge on any atom is 0.141 e. The average Bonchev–Trinajstić information content (AvgIpc) is 2.34. The fourth-order valence-corrected chi connectivity index (χ4v) is 1.29. The van der Waals surface area contributed by atoms with Crippen molar-refractivity contribution in [1.29, 1.82) is 5.26 Å². The van der Waals surface area contributed by atoms with E-state index in [-0.39, 0.29) is 12.1 Å². The lowest BCUT2D eigenvalue weighted by Gasteiger charge is -2.09. The van der Waals surface area contributed by atoms with Gasteiger partial charge >= 0.3 is 0 Å². The molecule has 1 aromatic carbocycles. The molecule has 0 aromatic heterocycles. The standard InChI is InChI=1S/C13H18N2O2/c1-10(9-14)16-7-8-17-13-5-3-12(4-6-13)11(2)15/h3-6,10-11H,7-8,15H2,1-2H3. The number of nitrogens with zero attached hydrogens (tertiary/aromatic N) is 1. The highest BCUT2D eigenvalue weighted by Gasteiger charge is 2.01. The van der Waals surface area contributed by atoms with Crippen molar-refractivity contribution in [3.8, 4) is 11.8 Å². The molecule has 0 saturated heterocycles. The summed E-state index contributed by atoms with van der Waals surface area (Å²) < 4.78 is 10.6. The van der Waals surface area contributed by atoms with Gasteiger partial charge in [-0.1, -0.05) is 12.1 Å². The van der Waals surface area contributed by atoms with Crippen LogP contribution in [0.2, 0.25) is 0 Å². The van der Waals surface area contributed by atoms with E-state index in [1.807, 2.05) is 37.3 Å². The molecule has 0 heterocycles. The van der Waals surface area contributed by atoms with Crippen LogP contribution in [0.25, 0.3) is 0 Å². The Kier molecular flexibility index (Phi) is 5.47. The van der Waals surface area contributed by atoms with E-state index in [1.165, 1.54) is 0 Å². The van der Waals surface area contributed by atoms with Crippen molar-refractivity contribution in [2.24, 2.45) is 5.73 Å². The molecule has 4 nitrogen and oxygen atoms in total. The van der Waals surface area contributed by atoms with Crippen molar-refractivity contribution in [1.82, 2.24) is 0 Å². The smallest absolute Gasteiger partial charge is 0.141 e. The summed E-state index contributed by atoms with van der Waals surface area (Å²) in [6.07, 6.45) is -0.390. The van der Waals surface area contributed by atoms with E-state index in [9.17, 15) is 0 Å². The zero-order valence-electron chi connectivity index (χ0n) is 10.2. The van der Waals surface area contributed by atoms with Gasteiger partial charge in [-0.05, 0) is 31.5 Å². The molecule has 0 spiro atoms. The minimum atomic E-state index is -0.390. The van der Waals surface area contributed by atoms with Gasteiger partial charge in [-0.2, -0.15) is 5.26 Å². The minimum absolute atomic E-state index is 0.0314. The SMILES string of the molecule is CC(C#N)OCCOc1ccc(C(C)N)cc1. The van der Waals surface area contributed by atoms with Crippen LogP contribution in [-0.4, -0.2) is 19.3 Å². The lowest BCUT2D eigenvalue weighted by Crippen LogP contribution is -2.12. The van der Waals surface area contributed by atoms with Gasteiger partial charge in [0.2, 0.25) is 0 Å². The molecule has 2 atom stereocenters. The molecule has 0 radical (unpaired) electrons. The van der Waals surface area contributed by atoms with Gasteiger partial charge in [-0.3, -0.25) is 0 Å². The number of rotatable bonds is 6. The van der Waals surface area contributed by atoms with E-state index in [4.69, 9.17) is 20.5 Å². The molecule has 1 rings (SSSR count). The fraction of sp³-hybridized carbons (Fsp3) is 0.462. The van der Waals surface area contributed by atoms with Gasteiger partial charge in [0.25, 0.3) is 0 Å². The highest BCUT2D eigenvalue weighted by Crippen LogP contribution is 2.15. The van der Waals surface area contributed by atoms with Crippen LogP contribution in [0.3, 0.4) is 0 Å². The summed E-state index contributed by atoms with van der Waals surface area (Å²) >= 11 is 0. The molecule has 2 N–H and O–H groups in total. The molecule has 4 heteroatoms. The Morgan fingerprint density at radius 1 is 1.24 bits per heavy atom. The van der Waals surface area contributed by atoms with Crippen LogP contribution in [0, 0.1) is 11.3 Å². The Hall–Kier alpha value is -1.57. The highest BCUT2D eigenvalue weighted by atomic mass is 16.5. The molecule has 0 saturated carbocycles. The Bertz CT molecular complexity index is 368. The molecule has 1 aromatic rings. The summed E-state index contributed by atoms with van der Waals surface area (Å²) in [4.78, 5) is 0. The predicted molar refractivity (Wildman–Crippen MR) is 65.6 cm³/mol. The van der Waals surface area contributed by atoms with E-state index in [0.717, 1.165) is 11.3 Å². The molecular formula is C13H18N2O2. The number of hydrogen-bond donors (Lipinski definition) is 1. The highest BCUT2D eigenvalue weighted by molar-refractivity contribution is 5.28. The minimum Gasteiger partial charge on any atom is -0.491 e. The summed E-state index contributed by atoms with van der Waals surface area (Å²) in [7, 11) is 0. The molecule has 0 aliphatic rings. The number of ether oxygens (including phenoxy) is 2. The molecule has 0 amide bonds. The van der Waals surface area contributed by atoms with Crippen molar-refractivity contribution < 1.29 is 9.47 Å². The lowest BCUT2D eigenvalue weighted by molar-refractivity contribution is 0.0744. The van der Waals surface area contributed by atoms with E-state index < -0.39 is 0 Å². The third-order valence-electron chi connectivity index (χ3n) is 2.31. The first-order valence-corrected chi connectivity index (χ1v) is 5.63. The summed E-state index contributed by atoms with van der Waals surface area (Å²) in [6.45, 7) is 4.48. The fourth-order valence-electron chi connectivity index (χ4n) is 1.29. The third-order valence-corrected chi connectivity index (χ3v) is 2.31. The molecule has 92 valence electrons. The first kappa shape index (κ1) is 13.5. The number of nitrogens with two attached hydrogens (primary N) is 1. The van der Waals surface area contributed by atoms with Crippen LogP contribution in [0.15, 0.2) is 24.3 Å². The Labute approximate surface area is 102 Å². The van der Waals surface area contributed by atoms with Crippen LogP contribution >= 0.6 is 0 Å². The van der Waals surface area contributed by atoms with Crippen molar-refractivity contribution in [2.45, 2.75) is 26.0 Å². The van der Waals surface area contributed by atoms with Gasteiger partial charge in [0.1, 0.15) is 18.5 Å². The summed E-state index contributed by atoms with van der Waals surface area (Å²) in [5.74, 6) is 0.780.